The molecule has 1 aromatic rings. The van der Waals surface area contributed by atoms with Gasteiger partial charge in [0.25, 0.3) is 5.56 Å². The number of aromatic nitrogens is 2. The van der Waals surface area contributed by atoms with Gasteiger partial charge in [-0.3, -0.25) is 14.3 Å². The Kier molecular flexibility index (Phi) is 2.65. The van der Waals surface area contributed by atoms with Gasteiger partial charge in [-0.05, 0) is 6.92 Å². The molecule has 0 radical (unpaired) electrons. The van der Waals surface area contributed by atoms with Crippen molar-refractivity contribution in [2.45, 2.75) is 31.0 Å². The number of hydrogen-bond acceptors (Lipinski definition) is 6. The lowest BCUT2D eigenvalue weighted by atomic mass is 10.0. The standard InChI is InChI=1S/C11H14N2O6/c1-5-2-13(10(17)12-8(5)16)9-6-7(15)11(3-14,19-9)4-18-6/h2,6-7,9,14-15H,3-4H2,1H3,(H,12,16,17)/t6-,7+,9+,11?/m1/s1. The van der Waals surface area contributed by atoms with Crippen LogP contribution in [0.25, 0.3) is 0 Å². The number of rotatable bonds is 2. The van der Waals surface area contributed by atoms with Crippen LogP contribution in [0.4, 0.5) is 0 Å². The van der Waals surface area contributed by atoms with Crippen molar-refractivity contribution in [2.75, 3.05) is 13.2 Å². The van der Waals surface area contributed by atoms with Gasteiger partial charge in [0, 0.05) is 11.8 Å². The second-order valence-electron chi connectivity index (χ2n) is 4.93. The molecule has 2 aliphatic rings. The lowest BCUT2D eigenvalue weighted by Gasteiger charge is -2.29. The first kappa shape index (κ1) is 12.5. The van der Waals surface area contributed by atoms with Gasteiger partial charge in [0.15, 0.2) is 6.23 Å². The fourth-order valence-corrected chi connectivity index (χ4v) is 2.53. The summed E-state index contributed by atoms with van der Waals surface area (Å²) in [6, 6.07) is 0. The van der Waals surface area contributed by atoms with E-state index in [1.807, 2.05) is 0 Å². The van der Waals surface area contributed by atoms with E-state index in [9.17, 15) is 19.8 Å². The smallest absolute Gasteiger partial charge is 0.330 e. The molecule has 0 amide bonds. The van der Waals surface area contributed by atoms with Crippen LogP contribution in [0.1, 0.15) is 11.8 Å². The Balaban J connectivity index is 2.04. The molecule has 19 heavy (non-hydrogen) atoms. The normalized spacial score (nSPS) is 36.9. The summed E-state index contributed by atoms with van der Waals surface area (Å²) in [5.41, 5.74) is -1.96. The second kappa shape index (κ2) is 4.01. The Morgan fingerprint density at radius 2 is 2.32 bits per heavy atom. The summed E-state index contributed by atoms with van der Waals surface area (Å²) in [4.78, 5) is 25.3. The molecule has 2 bridgehead atoms. The molecule has 3 rings (SSSR count). The maximum atomic E-state index is 11.8. The van der Waals surface area contributed by atoms with Crippen molar-refractivity contribution in [3.63, 3.8) is 0 Å². The molecule has 1 aromatic heterocycles. The van der Waals surface area contributed by atoms with Crippen molar-refractivity contribution >= 4 is 0 Å². The second-order valence-corrected chi connectivity index (χ2v) is 4.93. The third kappa shape index (κ3) is 1.61. The van der Waals surface area contributed by atoms with Crippen LogP contribution in [0.2, 0.25) is 0 Å². The van der Waals surface area contributed by atoms with Crippen molar-refractivity contribution < 1.29 is 19.7 Å². The molecule has 8 heteroatoms. The van der Waals surface area contributed by atoms with Crippen LogP contribution >= 0.6 is 0 Å². The van der Waals surface area contributed by atoms with Crippen LogP contribution in [-0.4, -0.2) is 50.8 Å². The first-order valence-corrected chi connectivity index (χ1v) is 5.89. The molecule has 2 aliphatic heterocycles. The van der Waals surface area contributed by atoms with Gasteiger partial charge >= 0.3 is 5.69 Å². The number of aryl methyl sites for hydroxylation is 1. The fraction of sp³-hybridized carbons (Fsp3) is 0.636. The molecule has 1 unspecified atom stereocenters. The molecule has 4 atom stereocenters. The highest BCUT2D eigenvalue weighted by atomic mass is 16.7. The SMILES string of the molecule is Cc1cn([C@H]2OC3(CO)CO[C@@H]2[C@@H]3O)c(=O)[nH]c1=O. The van der Waals surface area contributed by atoms with Crippen LogP contribution in [-0.2, 0) is 9.47 Å². The monoisotopic (exact) mass is 270 g/mol. The average molecular weight is 270 g/mol. The van der Waals surface area contributed by atoms with Gasteiger partial charge in [-0.15, -0.1) is 0 Å². The van der Waals surface area contributed by atoms with Crippen molar-refractivity contribution in [1.29, 1.82) is 0 Å². The quantitative estimate of drug-likeness (QED) is 0.565. The fourth-order valence-electron chi connectivity index (χ4n) is 2.53. The van der Waals surface area contributed by atoms with Crippen molar-refractivity contribution in [3.8, 4) is 0 Å². The minimum Gasteiger partial charge on any atom is -0.393 e. The van der Waals surface area contributed by atoms with Gasteiger partial charge in [0.1, 0.15) is 17.8 Å². The number of H-pyrrole nitrogens is 1. The van der Waals surface area contributed by atoms with Crippen LogP contribution in [0.15, 0.2) is 15.8 Å². The van der Waals surface area contributed by atoms with Gasteiger partial charge < -0.3 is 19.7 Å². The van der Waals surface area contributed by atoms with Crippen LogP contribution < -0.4 is 11.2 Å². The molecule has 3 N–H and O–H groups in total. The zero-order chi connectivity index (χ0) is 13.8. The Labute approximate surface area is 107 Å². The van der Waals surface area contributed by atoms with Crippen molar-refractivity contribution in [3.05, 3.63) is 32.6 Å². The van der Waals surface area contributed by atoms with E-state index < -0.39 is 41.9 Å². The van der Waals surface area contributed by atoms with Crippen LogP contribution in [0, 0.1) is 6.92 Å². The Morgan fingerprint density at radius 1 is 1.58 bits per heavy atom. The summed E-state index contributed by atoms with van der Waals surface area (Å²) < 4.78 is 12.1. The number of aliphatic hydroxyl groups is 2. The first-order valence-electron chi connectivity index (χ1n) is 5.89. The third-order valence-corrected chi connectivity index (χ3v) is 3.69. The molecular weight excluding hydrogens is 256 g/mol. The van der Waals surface area contributed by atoms with E-state index in [4.69, 9.17) is 9.47 Å². The summed E-state index contributed by atoms with van der Waals surface area (Å²) in [6.07, 6.45) is -1.26. The number of hydrogen-bond donors (Lipinski definition) is 3. The summed E-state index contributed by atoms with van der Waals surface area (Å²) in [7, 11) is 0. The Morgan fingerprint density at radius 3 is 2.95 bits per heavy atom. The molecule has 104 valence electrons. The number of fused-ring (bicyclic) bond motifs is 2. The minimum absolute atomic E-state index is 0.0723. The summed E-state index contributed by atoms with van der Waals surface area (Å²) in [5, 5.41) is 19.4. The number of aromatic amines is 1. The van der Waals surface area contributed by atoms with E-state index in [0.717, 1.165) is 0 Å². The van der Waals surface area contributed by atoms with E-state index in [1.165, 1.54) is 10.8 Å². The van der Waals surface area contributed by atoms with E-state index in [-0.39, 0.29) is 6.61 Å². The lowest BCUT2D eigenvalue weighted by Crippen LogP contribution is -2.44. The van der Waals surface area contributed by atoms with Gasteiger partial charge in [-0.1, -0.05) is 0 Å². The summed E-state index contributed by atoms with van der Waals surface area (Å²) in [6.45, 7) is 1.22. The molecule has 8 nitrogen and oxygen atoms in total. The number of aliphatic hydroxyl groups excluding tert-OH is 2. The topological polar surface area (TPSA) is 114 Å². The van der Waals surface area contributed by atoms with Gasteiger partial charge in [0.2, 0.25) is 0 Å². The average Bonchev–Trinajstić information content (AvgIpc) is 2.85. The number of nitrogens with zero attached hydrogens (tertiary/aromatic N) is 1. The lowest BCUT2D eigenvalue weighted by molar-refractivity contribution is -0.187. The van der Waals surface area contributed by atoms with E-state index in [0.29, 0.717) is 5.56 Å². The minimum atomic E-state index is -1.20. The summed E-state index contributed by atoms with van der Waals surface area (Å²) in [5.74, 6) is 0. The molecule has 0 spiro atoms. The van der Waals surface area contributed by atoms with Gasteiger partial charge in [-0.2, -0.15) is 0 Å². The first-order chi connectivity index (χ1) is 8.98. The van der Waals surface area contributed by atoms with Crippen molar-refractivity contribution in [2.24, 2.45) is 0 Å². The summed E-state index contributed by atoms with van der Waals surface area (Å²) >= 11 is 0. The molecule has 0 aromatic carbocycles. The van der Waals surface area contributed by atoms with E-state index in [1.54, 1.807) is 6.92 Å². The van der Waals surface area contributed by atoms with Gasteiger partial charge in [-0.25, -0.2) is 4.79 Å². The Bertz CT molecular complexity index is 622. The molecule has 2 saturated heterocycles. The highest BCUT2D eigenvalue weighted by Gasteiger charge is 2.61. The molecule has 0 aliphatic carbocycles. The van der Waals surface area contributed by atoms with Gasteiger partial charge in [0.05, 0.1) is 13.2 Å². The Hall–Kier alpha value is -1.48. The predicted octanol–water partition coefficient (Wildman–Crippen LogP) is -2.14. The zero-order valence-electron chi connectivity index (χ0n) is 10.2. The molecule has 0 saturated carbocycles. The predicted molar refractivity (Wildman–Crippen MR) is 61.7 cm³/mol. The molecular formula is C11H14N2O6. The largest absolute Gasteiger partial charge is 0.393 e. The highest BCUT2D eigenvalue weighted by Crippen LogP contribution is 2.44. The molecule has 2 fully saturated rings. The zero-order valence-corrected chi connectivity index (χ0v) is 10.2. The third-order valence-electron chi connectivity index (χ3n) is 3.69. The van der Waals surface area contributed by atoms with Crippen LogP contribution in [0.5, 0.6) is 0 Å². The maximum absolute atomic E-state index is 11.8. The van der Waals surface area contributed by atoms with E-state index >= 15 is 0 Å². The maximum Gasteiger partial charge on any atom is 0.330 e. The number of ether oxygens (including phenoxy) is 2. The van der Waals surface area contributed by atoms with E-state index in [2.05, 4.69) is 4.98 Å². The van der Waals surface area contributed by atoms with Crippen LogP contribution in [0.3, 0.4) is 0 Å². The number of nitrogens with one attached hydrogen (secondary N) is 1. The highest BCUT2D eigenvalue weighted by molar-refractivity contribution is 5.09. The molecule has 3 heterocycles. The van der Waals surface area contributed by atoms with Crippen molar-refractivity contribution in [1.82, 2.24) is 9.55 Å².